The fourth-order valence-electron chi connectivity index (χ4n) is 12.9. The summed E-state index contributed by atoms with van der Waals surface area (Å²) in [7, 11) is -5.54. The summed E-state index contributed by atoms with van der Waals surface area (Å²) in [5.74, 6) is 1.33. The van der Waals surface area contributed by atoms with E-state index >= 15 is 0 Å². The van der Waals surface area contributed by atoms with Gasteiger partial charge in [0.15, 0.2) is 6.10 Å². The van der Waals surface area contributed by atoms with Crippen molar-refractivity contribution in [1.29, 1.82) is 0 Å². The molecule has 1 saturated carbocycles. The molecule has 0 radical (unpaired) electrons. The van der Waals surface area contributed by atoms with Gasteiger partial charge in [0, 0.05) is 31.3 Å². The van der Waals surface area contributed by atoms with Crippen LogP contribution in [0.4, 0.5) is 0 Å². The van der Waals surface area contributed by atoms with Gasteiger partial charge in [0.05, 0.1) is 12.2 Å². The van der Waals surface area contributed by atoms with E-state index in [0.717, 1.165) is 37.9 Å². The van der Waals surface area contributed by atoms with Crippen LogP contribution in [-0.2, 0) is 23.1 Å². The van der Waals surface area contributed by atoms with Crippen LogP contribution in [0.1, 0.15) is 101 Å². The van der Waals surface area contributed by atoms with E-state index in [1.807, 2.05) is 6.08 Å². The number of allylic oxidation sites excluding steroid dienone is 2. The Kier molecular flexibility index (Phi) is 13.2. The summed E-state index contributed by atoms with van der Waals surface area (Å²) in [6.07, 6.45) is 8.82. The third kappa shape index (κ3) is 8.47. The number of hydrogen-bond acceptors (Lipinski definition) is 5. The smallest absolute Gasteiger partial charge is 0.303 e. The second kappa shape index (κ2) is 18.2. The maximum absolute atomic E-state index is 13.3. The molecule has 4 aromatic carbocycles. The number of ether oxygens (including phenoxy) is 2. The van der Waals surface area contributed by atoms with Gasteiger partial charge in [0.2, 0.25) is 0 Å². The molecule has 0 spiro atoms. The normalized spacial score (nSPS) is 27.0. The summed E-state index contributed by atoms with van der Waals surface area (Å²) < 4.78 is 29.4. The molecular weight excluding hydrogens is 833 g/mol. The summed E-state index contributed by atoms with van der Waals surface area (Å²) >= 11 is 0. The number of carbonyl (C=O) groups excluding carboxylic acids is 1. The molecule has 8 atom stereocenters. The van der Waals surface area contributed by atoms with Gasteiger partial charge in [-0.15, -0.1) is 6.58 Å². The number of carbonyl (C=O) groups is 1. The first kappa shape index (κ1) is 47.4. The molecule has 344 valence electrons. The molecule has 4 aromatic rings. The van der Waals surface area contributed by atoms with Crippen molar-refractivity contribution >= 4 is 43.4 Å². The van der Waals surface area contributed by atoms with E-state index in [1.165, 1.54) is 39.7 Å². The fraction of sp³-hybridized carbons (Fsp3) is 0.466. The van der Waals surface area contributed by atoms with E-state index in [0.29, 0.717) is 24.2 Å². The van der Waals surface area contributed by atoms with Crippen molar-refractivity contribution < 1.29 is 23.1 Å². The molecule has 0 aromatic heterocycles. The summed E-state index contributed by atoms with van der Waals surface area (Å²) in [5.41, 5.74) is 1.18. The van der Waals surface area contributed by atoms with E-state index in [2.05, 4.69) is 196 Å². The summed E-state index contributed by atoms with van der Waals surface area (Å²) in [6.45, 7) is 29.8. The first-order chi connectivity index (χ1) is 30.9. The van der Waals surface area contributed by atoms with Crippen LogP contribution in [0.5, 0.6) is 0 Å². The Labute approximate surface area is 393 Å². The monoisotopic (exact) mass is 907 g/mol. The van der Waals surface area contributed by atoms with Gasteiger partial charge in [-0.25, -0.2) is 0 Å². The SMILES string of the molecule is C=CC1=C([C@H](OC(C)=O)[C@@]23C[C@H](O[Si](c4ccccc4)(c4ccccc4)C(C)(C)C)[C@H](O2)C(C)(C)[C@@H]3C=C)CCC(C[C@H]2C[C@@H]2CO[Si](c2ccccc2)(c2ccccc2)C(C)(C)C)C1. The number of fused-ring (bicyclic) bond motifs is 2. The van der Waals surface area contributed by atoms with Crippen LogP contribution in [0, 0.1) is 29.1 Å². The van der Waals surface area contributed by atoms with E-state index in [-0.39, 0.29) is 39.6 Å². The first-order valence-corrected chi connectivity index (χ1v) is 28.1. The molecule has 1 unspecified atom stereocenters. The van der Waals surface area contributed by atoms with Crippen LogP contribution >= 0.6 is 0 Å². The van der Waals surface area contributed by atoms with Gasteiger partial charge in [0.25, 0.3) is 16.6 Å². The van der Waals surface area contributed by atoms with Crippen molar-refractivity contribution in [3.05, 3.63) is 158 Å². The molecule has 2 heterocycles. The Bertz CT molecular complexity index is 2250. The molecule has 2 bridgehead atoms. The second-order valence-electron chi connectivity index (χ2n) is 22.4. The van der Waals surface area contributed by atoms with Crippen LogP contribution < -0.4 is 20.7 Å². The highest BCUT2D eigenvalue weighted by atomic mass is 28.4. The third-order valence-electron chi connectivity index (χ3n) is 15.9. The predicted molar refractivity (Wildman–Crippen MR) is 272 cm³/mol. The molecule has 7 heteroatoms. The maximum Gasteiger partial charge on any atom is 0.303 e. The summed E-state index contributed by atoms with van der Waals surface area (Å²) in [5, 5.41) is 4.91. The molecule has 0 amide bonds. The van der Waals surface area contributed by atoms with E-state index in [1.54, 1.807) is 0 Å². The Morgan fingerprint density at radius 1 is 0.769 bits per heavy atom. The van der Waals surface area contributed by atoms with Gasteiger partial charge >= 0.3 is 5.97 Å². The van der Waals surface area contributed by atoms with Crippen LogP contribution in [0.15, 0.2) is 158 Å². The molecule has 4 aliphatic rings. The lowest BCUT2D eigenvalue weighted by Crippen LogP contribution is -2.69. The molecule has 2 saturated heterocycles. The number of hydrogen-bond donors (Lipinski definition) is 0. The van der Waals surface area contributed by atoms with Crippen molar-refractivity contribution in [1.82, 2.24) is 0 Å². The lowest BCUT2D eigenvalue weighted by Gasteiger charge is -2.50. The molecule has 8 rings (SSSR count). The van der Waals surface area contributed by atoms with Gasteiger partial charge in [0.1, 0.15) is 5.60 Å². The molecule has 5 nitrogen and oxygen atoms in total. The van der Waals surface area contributed by atoms with E-state index in [9.17, 15) is 4.79 Å². The van der Waals surface area contributed by atoms with Crippen molar-refractivity contribution in [2.45, 2.75) is 135 Å². The van der Waals surface area contributed by atoms with Crippen molar-refractivity contribution in [2.75, 3.05) is 6.61 Å². The number of esters is 1. The highest BCUT2D eigenvalue weighted by Crippen LogP contribution is 2.63. The van der Waals surface area contributed by atoms with Crippen LogP contribution in [-0.4, -0.2) is 53.1 Å². The molecule has 2 aliphatic carbocycles. The lowest BCUT2D eigenvalue weighted by molar-refractivity contribution is -0.161. The zero-order valence-electron chi connectivity index (χ0n) is 40.6. The Morgan fingerprint density at radius 3 is 1.71 bits per heavy atom. The minimum absolute atomic E-state index is 0.0444. The van der Waals surface area contributed by atoms with Gasteiger partial charge in [-0.3, -0.25) is 4.79 Å². The Hall–Kier alpha value is -4.12. The molecule has 65 heavy (non-hydrogen) atoms. The zero-order chi connectivity index (χ0) is 46.4. The minimum atomic E-state index is -2.94. The minimum Gasteiger partial charge on any atom is -0.455 e. The standard InChI is InChI=1S/C58H74O5Si2/c1-12-43-36-42(37-44-38-45(44)40-60-64(55(4,5)6,46-26-18-14-19-27-46)47-28-20-15-21-29-47)34-35-50(43)53(61-41(3)59)58-39-51(54(62-58)57(10,11)52(58)13-2)63-65(56(7,8)9,48-30-22-16-23-31-48)49-32-24-17-25-33-49/h12-33,42,44-45,51-54H,1-2,34-40H2,3-11H3/t42?,44-,45+,51-,52-,53-,54-,58-/m0/s1. The van der Waals surface area contributed by atoms with Gasteiger partial charge in [-0.1, -0.05) is 195 Å². The Morgan fingerprint density at radius 2 is 1.26 bits per heavy atom. The molecule has 0 N–H and O–H groups in total. The zero-order valence-corrected chi connectivity index (χ0v) is 42.6. The van der Waals surface area contributed by atoms with Crippen LogP contribution in [0.3, 0.4) is 0 Å². The summed E-state index contributed by atoms with van der Waals surface area (Å²) in [4.78, 5) is 13.3. The molecule has 3 fully saturated rings. The van der Waals surface area contributed by atoms with Crippen LogP contribution in [0.25, 0.3) is 0 Å². The van der Waals surface area contributed by atoms with Crippen LogP contribution in [0.2, 0.25) is 10.1 Å². The van der Waals surface area contributed by atoms with E-state index in [4.69, 9.17) is 18.3 Å². The highest BCUT2D eigenvalue weighted by Gasteiger charge is 2.72. The number of benzene rings is 4. The van der Waals surface area contributed by atoms with Crippen molar-refractivity contribution in [2.24, 2.45) is 29.1 Å². The summed E-state index contributed by atoms with van der Waals surface area (Å²) in [6, 6.07) is 43.7. The maximum atomic E-state index is 13.3. The second-order valence-corrected chi connectivity index (χ2v) is 30.9. The van der Waals surface area contributed by atoms with Crippen molar-refractivity contribution in [3.63, 3.8) is 0 Å². The lowest BCUT2D eigenvalue weighted by atomic mass is 9.59. The molecule has 2 aliphatic heterocycles. The van der Waals surface area contributed by atoms with Gasteiger partial charge in [-0.2, -0.15) is 0 Å². The molecular formula is C58H74O5Si2. The highest BCUT2D eigenvalue weighted by molar-refractivity contribution is 7.00. The first-order valence-electron chi connectivity index (χ1n) is 24.3. The topological polar surface area (TPSA) is 54.0 Å². The number of rotatable bonds is 16. The average molecular weight is 907 g/mol. The average Bonchev–Trinajstić information content (AvgIpc) is 3.84. The quantitative estimate of drug-likeness (QED) is 0.0637. The fourth-order valence-corrected chi connectivity index (χ4v) is 22.2. The van der Waals surface area contributed by atoms with E-state index < -0.39 is 28.3 Å². The van der Waals surface area contributed by atoms with Gasteiger partial charge in [-0.05, 0) is 91.8 Å². The van der Waals surface area contributed by atoms with Gasteiger partial charge < -0.3 is 18.3 Å². The third-order valence-corrected chi connectivity index (χ3v) is 26.0. The predicted octanol–water partition coefficient (Wildman–Crippen LogP) is 11.1. The largest absolute Gasteiger partial charge is 0.455 e. The Balaban J connectivity index is 1.06. The van der Waals surface area contributed by atoms with Crippen molar-refractivity contribution in [3.8, 4) is 0 Å².